The largest absolute Gasteiger partial charge is 0.495 e. The number of aromatic nitrogens is 1. The van der Waals surface area contributed by atoms with E-state index in [1.54, 1.807) is 12.3 Å². The summed E-state index contributed by atoms with van der Waals surface area (Å²) in [6.45, 7) is 0. The molecule has 0 N–H and O–H groups in total. The molecule has 3 nitrogen and oxygen atoms in total. The van der Waals surface area contributed by atoms with Crippen molar-refractivity contribution in [1.82, 2.24) is 4.98 Å². The molecule has 0 aliphatic rings. The average molecular weight is 134 g/mol. The first kappa shape index (κ1) is 6.56. The predicted molar refractivity (Wildman–Crippen MR) is 35.5 cm³/mol. The van der Waals surface area contributed by atoms with Crippen molar-refractivity contribution in [3.63, 3.8) is 0 Å². The van der Waals surface area contributed by atoms with Crippen LogP contribution in [-0.4, -0.2) is 12.1 Å². The van der Waals surface area contributed by atoms with Gasteiger partial charge >= 0.3 is 0 Å². The molecule has 0 aliphatic heterocycles. The lowest BCUT2D eigenvalue weighted by Crippen LogP contribution is -1.87. The van der Waals surface area contributed by atoms with Gasteiger partial charge in [-0.25, -0.2) is 0 Å². The minimum Gasteiger partial charge on any atom is -0.495 e. The summed E-state index contributed by atoms with van der Waals surface area (Å²) in [6, 6.07) is 3.61. The number of hydrogen-bond donors (Lipinski definition) is 0. The zero-order valence-corrected chi connectivity index (χ0v) is 5.53. The van der Waals surface area contributed by atoms with Gasteiger partial charge in [0, 0.05) is 12.4 Å². The van der Waals surface area contributed by atoms with E-state index in [9.17, 15) is 0 Å². The molecule has 0 aliphatic carbocycles. The number of methoxy groups -OCH3 is 1. The number of pyridine rings is 1. The van der Waals surface area contributed by atoms with Gasteiger partial charge in [-0.15, -0.1) is 0 Å². The highest BCUT2D eigenvalue weighted by Gasteiger charge is 1.97. The molecule has 1 aromatic rings. The zero-order chi connectivity index (χ0) is 7.40. The standard InChI is InChI=1S/C7H6N2O/c1-10-7-2-3-9-5-6(7)4-8/h2-3,5H,1H3. The maximum atomic E-state index is 8.48. The van der Waals surface area contributed by atoms with E-state index in [1.807, 2.05) is 6.07 Å². The van der Waals surface area contributed by atoms with Crippen LogP contribution >= 0.6 is 0 Å². The highest BCUT2D eigenvalue weighted by atomic mass is 16.5. The fraction of sp³-hybridized carbons (Fsp3) is 0.143. The Hall–Kier alpha value is -1.56. The normalized spacial score (nSPS) is 8.40. The van der Waals surface area contributed by atoms with Gasteiger partial charge < -0.3 is 4.74 Å². The lowest BCUT2D eigenvalue weighted by molar-refractivity contribution is 0.413. The summed E-state index contributed by atoms with van der Waals surface area (Å²) in [5.41, 5.74) is 0.463. The van der Waals surface area contributed by atoms with Gasteiger partial charge in [0.2, 0.25) is 0 Å². The van der Waals surface area contributed by atoms with Crippen molar-refractivity contribution in [3.8, 4) is 11.8 Å². The van der Waals surface area contributed by atoms with E-state index in [-0.39, 0.29) is 0 Å². The third kappa shape index (κ3) is 1.06. The van der Waals surface area contributed by atoms with Crippen LogP contribution in [0.1, 0.15) is 5.56 Å². The summed E-state index contributed by atoms with van der Waals surface area (Å²) in [5, 5.41) is 8.48. The topological polar surface area (TPSA) is 45.9 Å². The minimum absolute atomic E-state index is 0.463. The molecule has 0 spiro atoms. The maximum Gasteiger partial charge on any atom is 0.139 e. The Bertz CT molecular complexity index is 265. The predicted octanol–water partition coefficient (Wildman–Crippen LogP) is 0.962. The van der Waals surface area contributed by atoms with Crippen LogP contribution in [0.5, 0.6) is 5.75 Å². The summed E-state index contributed by atoms with van der Waals surface area (Å²) in [5.74, 6) is 0.567. The molecule has 0 radical (unpaired) electrons. The summed E-state index contributed by atoms with van der Waals surface area (Å²) in [6.07, 6.45) is 3.05. The fourth-order valence-electron chi connectivity index (χ4n) is 0.644. The number of hydrogen-bond acceptors (Lipinski definition) is 3. The van der Waals surface area contributed by atoms with E-state index in [1.165, 1.54) is 13.3 Å². The van der Waals surface area contributed by atoms with E-state index in [2.05, 4.69) is 4.98 Å². The molecule has 3 heteroatoms. The zero-order valence-electron chi connectivity index (χ0n) is 5.53. The molecule has 1 rings (SSSR count). The van der Waals surface area contributed by atoms with Gasteiger partial charge in [-0.1, -0.05) is 0 Å². The highest BCUT2D eigenvalue weighted by molar-refractivity contribution is 5.39. The van der Waals surface area contributed by atoms with Crippen molar-refractivity contribution in [2.45, 2.75) is 0 Å². The Labute approximate surface area is 58.9 Å². The molecule has 0 saturated heterocycles. The van der Waals surface area contributed by atoms with Crippen molar-refractivity contribution in [2.24, 2.45) is 0 Å². The molecule has 0 atom stereocenters. The van der Waals surface area contributed by atoms with E-state index in [4.69, 9.17) is 10.00 Å². The van der Waals surface area contributed by atoms with Crippen LogP contribution < -0.4 is 4.74 Å². The first-order chi connectivity index (χ1) is 4.88. The van der Waals surface area contributed by atoms with Crippen LogP contribution in [0.15, 0.2) is 18.5 Å². The maximum absolute atomic E-state index is 8.48. The van der Waals surface area contributed by atoms with Gasteiger partial charge in [-0.05, 0) is 6.07 Å². The third-order valence-corrected chi connectivity index (χ3v) is 1.12. The summed E-state index contributed by atoms with van der Waals surface area (Å²) in [4.78, 5) is 3.76. The van der Waals surface area contributed by atoms with Crippen molar-refractivity contribution in [2.75, 3.05) is 7.11 Å². The fourth-order valence-corrected chi connectivity index (χ4v) is 0.644. The second-order valence-electron chi connectivity index (χ2n) is 1.69. The average Bonchev–Trinajstić information content (AvgIpc) is 2.04. The van der Waals surface area contributed by atoms with Gasteiger partial charge in [0.25, 0.3) is 0 Å². The lowest BCUT2D eigenvalue weighted by Gasteiger charge is -1.98. The van der Waals surface area contributed by atoms with E-state index >= 15 is 0 Å². The van der Waals surface area contributed by atoms with Gasteiger partial charge in [0.05, 0.1) is 7.11 Å². The Morgan fingerprint density at radius 3 is 3.00 bits per heavy atom. The van der Waals surface area contributed by atoms with Crippen molar-refractivity contribution >= 4 is 0 Å². The van der Waals surface area contributed by atoms with E-state index < -0.39 is 0 Å². The molecular formula is C7H6N2O. The molecule has 1 aromatic heterocycles. The van der Waals surface area contributed by atoms with Crippen LogP contribution in [0.4, 0.5) is 0 Å². The lowest BCUT2D eigenvalue weighted by atomic mass is 10.3. The van der Waals surface area contributed by atoms with Crippen LogP contribution in [0, 0.1) is 11.3 Å². The SMILES string of the molecule is COc1ccncc1C#N. The summed E-state index contributed by atoms with van der Waals surface area (Å²) >= 11 is 0. The number of rotatable bonds is 1. The Kier molecular flexibility index (Phi) is 1.86. The van der Waals surface area contributed by atoms with Crippen molar-refractivity contribution < 1.29 is 4.74 Å². The Morgan fingerprint density at radius 1 is 1.70 bits per heavy atom. The molecular weight excluding hydrogens is 128 g/mol. The van der Waals surface area contributed by atoms with Gasteiger partial charge in [0.15, 0.2) is 0 Å². The first-order valence-electron chi connectivity index (χ1n) is 2.76. The molecule has 0 fully saturated rings. The second-order valence-corrected chi connectivity index (χ2v) is 1.69. The summed E-state index contributed by atoms with van der Waals surface area (Å²) < 4.78 is 4.87. The smallest absolute Gasteiger partial charge is 0.139 e. The molecule has 0 amide bonds. The third-order valence-electron chi connectivity index (χ3n) is 1.12. The molecule has 0 saturated carbocycles. The van der Waals surface area contributed by atoms with Crippen LogP contribution in [0.3, 0.4) is 0 Å². The molecule has 10 heavy (non-hydrogen) atoms. The van der Waals surface area contributed by atoms with E-state index in [0.717, 1.165) is 0 Å². The highest BCUT2D eigenvalue weighted by Crippen LogP contribution is 2.13. The molecule has 1 heterocycles. The molecule has 0 unspecified atom stereocenters. The monoisotopic (exact) mass is 134 g/mol. The van der Waals surface area contributed by atoms with Crippen LogP contribution in [0.25, 0.3) is 0 Å². The molecule has 50 valence electrons. The van der Waals surface area contributed by atoms with Gasteiger partial charge in [0.1, 0.15) is 17.4 Å². The molecule has 0 aromatic carbocycles. The van der Waals surface area contributed by atoms with Crippen molar-refractivity contribution in [1.29, 1.82) is 5.26 Å². The van der Waals surface area contributed by atoms with Crippen LogP contribution in [0.2, 0.25) is 0 Å². The second kappa shape index (κ2) is 2.83. The number of ether oxygens (including phenoxy) is 1. The van der Waals surface area contributed by atoms with Crippen LogP contribution in [-0.2, 0) is 0 Å². The Balaban J connectivity index is 3.12. The molecule has 0 bridgehead atoms. The summed E-state index contributed by atoms with van der Waals surface area (Å²) in [7, 11) is 1.52. The first-order valence-corrected chi connectivity index (χ1v) is 2.76. The van der Waals surface area contributed by atoms with Crippen molar-refractivity contribution in [3.05, 3.63) is 24.0 Å². The van der Waals surface area contributed by atoms with E-state index in [0.29, 0.717) is 11.3 Å². The quantitative estimate of drug-likeness (QED) is 0.574. The Morgan fingerprint density at radius 2 is 2.50 bits per heavy atom. The number of nitriles is 1. The van der Waals surface area contributed by atoms with Gasteiger partial charge in [-0.2, -0.15) is 5.26 Å². The number of nitrogens with zero attached hydrogens (tertiary/aromatic N) is 2. The minimum atomic E-state index is 0.463. The van der Waals surface area contributed by atoms with Gasteiger partial charge in [-0.3, -0.25) is 4.98 Å².